The number of aryl methyl sites for hydroxylation is 2. The molecule has 0 radical (unpaired) electrons. The first kappa shape index (κ1) is 22.0. The van der Waals surface area contributed by atoms with Crippen molar-refractivity contribution in [3.8, 4) is 0 Å². The van der Waals surface area contributed by atoms with Gasteiger partial charge in [-0.15, -0.1) is 0 Å². The first-order chi connectivity index (χ1) is 13.8. The zero-order chi connectivity index (χ0) is 22.3. The summed E-state index contributed by atoms with van der Waals surface area (Å²) in [5.41, 5.74) is 0.257. The van der Waals surface area contributed by atoms with E-state index >= 15 is 0 Å². The molecule has 1 aliphatic heterocycles. The maximum atomic E-state index is 14.6. The van der Waals surface area contributed by atoms with Gasteiger partial charge in [-0.1, -0.05) is 20.8 Å². The third kappa shape index (κ3) is 5.09. The molecule has 1 N–H and O–H groups in total. The molecule has 10 heteroatoms. The summed E-state index contributed by atoms with van der Waals surface area (Å²) in [5.74, 6) is -1.13. The number of hydrogen-bond donors (Lipinski definition) is 1. The number of pyridine rings is 1. The SMILES string of the molecule is Cn1nc(CN2CCCc3nc(NC(=O)CC(C)(C)C)c(F)cc32)cc1C(F)(F)F. The fourth-order valence-electron chi connectivity index (χ4n) is 3.51. The second-order valence-electron chi connectivity index (χ2n) is 8.74. The van der Waals surface area contributed by atoms with Crippen LogP contribution in [-0.4, -0.2) is 27.2 Å². The third-order valence-electron chi connectivity index (χ3n) is 4.74. The topological polar surface area (TPSA) is 63.1 Å². The van der Waals surface area contributed by atoms with Gasteiger partial charge < -0.3 is 10.2 Å². The Morgan fingerprint density at radius 2 is 1.93 bits per heavy atom. The van der Waals surface area contributed by atoms with Crippen LogP contribution in [0.1, 0.15) is 50.7 Å². The van der Waals surface area contributed by atoms with Gasteiger partial charge in [0.1, 0.15) is 5.69 Å². The average Bonchev–Trinajstić information content (AvgIpc) is 2.95. The van der Waals surface area contributed by atoms with Crippen molar-refractivity contribution in [2.45, 2.75) is 52.8 Å². The molecular formula is C20H25F4N5O. The van der Waals surface area contributed by atoms with Crippen LogP contribution in [-0.2, 0) is 31.0 Å². The molecule has 0 fully saturated rings. The number of carbonyl (C=O) groups excluding carboxylic acids is 1. The number of nitrogens with one attached hydrogen (secondary N) is 1. The Morgan fingerprint density at radius 1 is 1.23 bits per heavy atom. The second kappa shape index (κ2) is 7.88. The zero-order valence-corrected chi connectivity index (χ0v) is 17.4. The van der Waals surface area contributed by atoms with Gasteiger partial charge in [0.15, 0.2) is 11.6 Å². The van der Waals surface area contributed by atoms with E-state index in [1.807, 2.05) is 20.8 Å². The van der Waals surface area contributed by atoms with Crippen LogP contribution in [0.5, 0.6) is 0 Å². The Kier molecular flexibility index (Phi) is 5.79. The highest BCUT2D eigenvalue weighted by Crippen LogP contribution is 2.33. The Bertz CT molecular complexity index is 946. The predicted molar refractivity (Wildman–Crippen MR) is 104 cm³/mol. The van der Waals surface area contributed by atoms with Crippen LogP contribution < -0.4 is 10.2 Å². The molecule has 1 aliphatic rings. The number of aromatic nitrogens is 3. The highest BCUT2D eigenvalue weighted by Gasteiger charge is 2.35. The molecule has 0 aromatic carbocycles. The van der Waals surface area contributed by atoms with Crippen molar-refractivity contribution < 1.29 is 22.4 Å². The zero-order valence-electron chi connectivity index (χ0n) is 17.4. The van der Waals surface area contributed by atoms with E-state index in [1.165, 1.54) is 13.1 Å². The Morgan fingerprint density at radius 3 is 2.53 bits per heavy atom. The average molecular weight is 427 g/mol. The number of hydrogen-bond acceptors (Lipinski definition) is 4. The van der Waals surface area contributed by atoms with E-state index in [9.17, 15) is 22.4 Å². The van der Waals surface area contributed by atoms with Gasteiger partial charge >= 0.3 is 6.18 Å². The van der Waals surface area contributed by atoms with Gasteiger partial charge in [0.25, 0.3) is 0 Å². The molecule has 0 atom stereocenters. The molecular weight excluding hydrogens is 402 g/mol. The summed E-state index contributed by atoms with van der Waals surface area (Å²) in [5, 5.41) is 6.47. The van der Waals surface area contributed by atoms with Gasteiger partial charge in [0.05, 0.1) is 23.6 Å². The van der Waals surface area contributed by atoms with E-state index in [2.05, 4.69) is 15.4 Å². The van der Waals surface area contributed by atoms with Crippen molar-refractivity contribution in [1.29, 1.82) is 0 Å². The largest absolute Gasteiger partial charge is 0.433 e. The second-order valence-corrected chi connectivity index (χ2v) is 8.74. The van der Waals surface area contributed by atoms with Gasteiger partial charge in [-0.2, -0.15) is 18.3 Å². The van der Waals surface area contributed by atoms with Crippen LogP contribution in [0.2, 0.25) is 0 Å². The monoisotopic (exact) mass is 427 g/mol. The fourth-order valence-corrected chi connectivity index (χ4v) is 3.51. The van der Waals surface area contributed by atoms with Crippen LogP contribution >= 0.6 is 0 Å². The van der Waals surface area contributed by atoms with Crippen LogP contribution in [0, 0.1) is 11.2 Å². The molecule has 6 nitrogen and oxygen atoms in total. The summed E-state index contributed by atoms with van der Waals surface area (Å²) in [7, 11) is 1.24. The van der Waals surface area contributed by atoms with Crippen LogP contribution in [0.4, 0.5) is 29.1 Å². The molecule has 1 amide bonds. The summed E-state index contributed by atoms with van der Waals surface area (Å²) in [4.78, 5) is 18.2. The van der Waals surface area contributed by atoms with E-state index in [1.54, 1.807) is 4.90 Å². The lowest BCUT2D eigenvalue weighted by Gasteiger charge is -2.30. The lowest BCUT2D eigenvalue weighted by atomic mass is 9.92. The number of nitrogens with zero attached hydrogens (tertiary/aromatic N) is 4. The van der Waals surface area contributed by atoms with E-state index in [-0.39, 0.29) is 35.8 Å². The van der Waals surface area contributed by atoms with Gasteiger partial charge in [0, 0.05) is 26.1 Å². The van der Waals surface area contributed by atoms with Crippen LogP contribution in [0.3, 0.4) is 0 Å². The van der Waals surface area contributed by atoms with E-state index in [4.69, 9.17) is 0 Å². The number of fused-ring (bicyclic) bond motifs is 1. The molecule has 2 aromatic heterocycles. The lowest BCUT2D eigenvalue weighted by Crippen LogP contribution is -2.30. The maximum absolute atomic E-state index is 14.6. The summed E-state index contributed by atoms with van der Waals surface area (Å²) in [6, 6.07) is 2.28. The minimum Gasteiger partial charge on any atom is -0.364 e. The Labute approximate surface area is 172 Å². The molecule has 3 rings (SSSR count). The molecule has 0 saturated heterocycles. The minimum atomic E-state index is -4.49. The molecule has 30 heavy (non-hydrogen) atoms. The van der Waals surface area contributed by atoms with Gasteiger partial charge in [-0.05, 0) is 24.3 Å². The number of alkyl halides is 3. The van der Waals surface area contributed by atoms with Gasteiger partial charge in [0.2, 0.25) is 5.91 Å². The highest BCUT2D eigenvalue weighted by molar-refractivity contribution is 5.90. The Hall–Kier alpha value is -2.65. The van der Waals surface area contributed by atoms with E-state index in [0.717, 1.165) is 10.7 Å². The summed E-state index contributed by atoms with van der Waals surface area (Å²) in [6.45, 7) is 6.37. The van der Waals surface area contributed by atoms with Crippen molar-refractivity contribution in [3.63, 3.8) is 0 Å². The molecule has 3 heterocycles. The molecule has 0 bridgehead atoms. The lowest BCUT2D eigenvalue weighted by molar-refractivity contribution is -0.143. The normalized spacial score (nSPS) is 14.6. The maximum Gasteiger partial charge on any atom is 0.433 e. The van der Waals surface area contributed by atoms with Gasteiger partial charge in [-0.3, -0.25) is 9.48 Å². The fraction of sp³-hybridized carbons (Fsp3) is 0.550. The number of halogens is 4. The summed E-state index contributed by atoms with van der Waals surface area (Å²) >= 11 is 0. The summed E-state index contributed by atoms with van der Waals surface area (Å²) < 4.78 is 54.5. The van der Waals surface area contributed by atoms with Crippen molar-refractivity contribution in [2.75, 3.05) is 16.8 Å². The quantitative estimate of drug-likeness (QED) is 0.739. The predicted octanol–water partition coefficient (Wildman–Crippen LogP) is 4.30. The molecule has 0 spiro atoms. The third-order valence-corrected chi connectivity index (χ3v) is 4.74. The number of carbonyl (C=O) groups is 1. The minimum absolute atomic E-state index is 0.105. The number of anilines is 2. The van der Waals surface area contributed by atoms with Crippen molar-refractivity contribution in [1.82, 2.24) is 14.8 Å². The Balaban J connectivity index is 1.81. The number of amides is 1. The molecule has 0 saturated carbocycles. The molecule has 2 aromatic rings. The molecule has 0 unspecified atom stereocenters. The first-order valence-electron chi connectivity index (χ1n) is 9.68. The van der Waals surface area contributed by atoms with Crippen molar-refractivity contribution in [2.24, 2.45) is 12.5 Å². The van der Waals surface area contributed by atoms with Crippen molar-refractivity contribution in [3.05, 3.63) is 35.0 Å². The molecule has 0 aliphatic carbocycles. The number of rotatable bonds is 4. The summed E-state index contributed by atoms with van der Waals surface area (Å²) in [6.07, 6.45) is -2.98. The first-order valence-corrected chi connectivity index (χ1v) is 9.68. The van der Waals surface area contributed by atoms with Crippen molar-refractivity contribution >= 4 is 17.4 Å². The standard InChI is InChI=1S/C20H25F4N5O/c1-19(2,3)10-17(30)26-18-13(21)9-15-14(25-18)6-5-7-29(15)11-12-8-16(20(22,23)24)28(4)27-12/h8-9H,5-7,10-11H2,1-4H3,(H,25,26,30). The van der Waals surface area contributed by atoms with Crippen LogP contribution in [0.15, 0.2) is 12.1 Å². The van der Waals surface area contributed by atoms with E-state index < -0.39 is 17.7 Å². The highest BCUT2D eigenvalue weighted by atomic mass is 19.4. The van der Waals surface area contributed by atoms with E-state index in [0.29, 0.717) is 30.8 Å². The van der Waals surface area contributed by atoms with Gasteiger partial charge in [-0.25, -0.2) is 9.37 Å². The van der Waals surface area contributed by atoms with Crippen LogP contribution in [0.25, 0.3) is 0 Å². The molecule has 164 valence electrons. The smallest absolute Gasteiger partial charge is 0.364 e.